The number of hydrogen-bond acceptors (Lipinski definition) is 6. The quantitative estimate of drug-likeness (QED) is 0.0506. The predicted molar refractivity (Wildman–Crippen MR) is 209 cm³/mol. The fraction of sp³-hybridized carbons (Fsp3) is 0.238. The standard InChI is InChI=1S/C42H44Cl2N4O4/c1-52-35-22-18-33(19-23-35)42(31-10-4-2-5-11-31,32-12-6-3-7-13-32)46-25-9-8-14-39(41(51)47-34-20-15-29(28-49)16-21-34)48-40(50)38(45)27-30-17-24-36(43)37(44)26-30/h2-7,10-13,15-24,26,38-39,46,49H,8-9,14,25,27-28,45H2,1H3,(H,47,51)(H,48,50)/t38-,39-/m0/s1. The average Bonchev–Trinajstić information content (AvgIpc) is 3.18. The Morgan fingerprint density at radius 1 is 0.750 bits per heavy atom. The number of rotatable bonds is 17. The van der Waals surface area contributed by atoms with Crippen LogP contribution in [-0.4, -0.2) is 42.7 Å². The molecule has 0 aliphatic carbocycles. The number of nitrogens with one attached hydrogen (secondary N) is 3. The van der Waals surface area contributed by atoms with E-state index in [4.69, 9.17) is 33.7 Å². The summed E-state index contributed by atoms with van der Waals surface area (Å²) < 4.78 is 5.47. The number of aliphatic hydroxyl groups excluding tert-OH is 1. The lowest BCUT2D eigenvalue weighted by atomic mass is 9.77. The lowest BCUT2D eigenvalue weighted by Crippen LogP contribution is -2.50. The smallest absolute Gasteiger partial charge is 0.246 e. The van der Waals surface area contributed by atoms with Gasteiger partial charge in [0.2, 0.25) is 11.8 Å². The number of ether oxygens (including phenoxy) is 1. The zero-order valence-electron chi connectivity index (χ0n) is 29.0. The number of carbonyl (C=O) groups is 2. The average molecular weight is 740 g/mol. The minimum atomic E-state index is -0.917. The molecule has 5 rings (SSSR count). The van der Waals surface area contributed by atoms with Crippen molar-refractivity contribution in [3.05, 3.63) is 165 Å². The van der Waals surface area contributed by atoms with Crippen molar-refractivity contribution < 1.29 is 19.4 Å². The van der Waals surface area contributed by atoms with Crippen LogP contribution in [0.2, 0.25) is 10.0 Å². The summed E-state index contributed by atoms with van der Waals surface area (Å²) in [5.74, 6) is -0.0428. The highest BCUT2D eigenvalue weighted by Gasteiger charge is 2.36. The number of unbranched alkanes of at least 4 members (excludes halogenated alkanes) is 1. The fourth-order valence-electron chi connectivity index (χ4n) is 6.26. The molecule has 270 valence electrons. The van der Waals surface area contributed by atoms with E-state index in [1.807, 2.05) is 48.5 Å². The summed E-state index contributed by atoms with van der Waals surface area (Å²) in [6.45, 7) is 0.503. The van der Waals surface area contributed by atoms with Crippen molar-refractivity contribution >= 4 is 40.7 Å². The van der Waals surface area contributed by atoms with Crippen molar-refractivity contribution in [3.8, 4) is 5.75 Å². The number of carbonyl (C=O) groups excluding carboxylic acids is 2. The zero-order valence-corrected chi connectivity index (χ0v) is 30.5. The van der Waals surface area contributed by atoms with E-state index < -0.39 is 23.5 Å². The monoisotopic (exact) mass is 738 g/mol. The molecule has 2 atom stereocenters. The predicted octanol–water partition coefficient (Wildman–Crippen LogP) is 7.24. The van der Waals surface area contributed by atoms with Gasteiger partial charge >= 0.3 is 0 Å². The van der Waals surface area contributed by atoms with Crippen LogP contribution in [0.3, 0.4) is 0 Å². The molecule has 0 aliphatic rings. The normalized spacial score (nSPS) is 12.5. The van der Waals surface area contributed by atoms with Crippen molar-refractivity contribution in [2.75, 3.05) is 19.0 Å². The van der Waals surface area contributed by atoms with E-state index in [-0.39, 0.29) is 18.9 Å². The Morgan fingerprint density at radius 3 is 1.92 bits per heavy atom. The molecule has 0 radical (unpaired) electrons. The van der Waals surface area contributed by atoms with Gasteiger partial charge in [0.15, 0.2) is 0 Å². The van der Waals surface area contributed by atoms with Crippen LogP contribution in [0.1, 0.15) is 47.1 Å². The number of anilines is 1. The summed E-state index contributed by atoms with van der Waals surface area (Å²) in [5, 5.41) is 19.9. The molecule has 10 heteroatoms. The number of amides is 2. The van der Waals surface area contributed by atoms with Gasteiger partial charge in [0.1, 0.15) is 11.8 Å². The lowest BCUT2D eigenvalue weighted by Gasteiger charge is -2.37. The van der Waals surface area contributed by atoms with E-state index in [0.717, 1.165) is 33.6 Å². The molecule has 5 aromatic rings. The van der Waals surface area contributed by atoms with Crippen molar-refractivity contribution in [3.63, 3.8) is 0 Å². The van der Waals surface area contributed by atoms with Gasteiger partial charge in [-0.25, -0.2) is 0 Å². The number of halogens is 2. The Balaban J connectivity index is 1.32. The molecule has 0 saturated carbocycles. The first-order valence-corrected chi connectivity index (χ1v) is 18.0. The second-order valence-corrected chi connectivity index (χ2v) is 13.4. The van der Waals surface area contributed by atoms with Gasteiger partial charge in [0, 0.05) is 5.69 Å². The van der Waals surface area contributed by atoms with E-state index >= 15 is 0 Å². The van der Waals surface area contributed by atoms with E-state index in [2.05, 4.69) is 52.3 Å². The highest BCUT2D eigenvalue weighted by Crippen LogP contribution is 2.37. The van der Waals surface area contributed by atoms with E-state index in [1.54, 1.807) is 49.6 Å². The third kappa shape index (κ3) is 9.79. The molecule has 0 bridgehead atoms. The highest BCUT2D eigenvalue weighted by molar-refractivity contribution is 6.42. The molecule has 0 saturated heterocycles. The largest absolute Gasteiger partial charge is 0.497 e. The fourth-order valence-corrected chi connectivity index (χ4v) is 6.58. The molecule has 2 amide bonds. The Morgan fingerprint density at radius 2 is 1.35 bits per heavy atom. The van der Waals surface area contributed by atoms with Crippen molar-refractivity contribution in [1.29, 1.82) is 0 Å². The van der Waals surface area contributed by atoms with Crippen LogP contribution < -0.4 is 26.4 Å². The molecular formula is C42H44Cl2N4O4. The topological polar surface area (TPSA) is 126 Å². The molecule has 8 nitrogen and oxygen atoms in total. The summed E-state index contributed by atoms with van der Waals surface area (Å²) in [6.07, 6.45) is 1.92. The Hall–Kier alpha value is -4.70. The molecule has 5 aromatic carbocycles. The third-order valence-corrected chi connectivity index (χ3v) is 9.80. The maximum absolute atomic E-state index is 13.6. The first-order valence-electron chi connectivity index (χ1n) is 17.2. The number of methoxy groups -OCH3 is 1. The first-order chi connectivity index (χ1) is 25.2. The Bertz CT molecular complexity index is 1850. The van der Waals surface area contributed by atoms with Crippen LogP contribution in [-0.2, 0) is 28.2 Å². The van der Waals surface area contributed by atoms with Gasteiger partial charge in [-0.15, -0.1) is 0 Å². The molecule has 0 aliphatic heterocycles. The van der Waals surface area contributed by atoms with Gasteiger partial charge in [-0.05, 0) is 96.4 Å². The first kappa shape index (κ1) is 38.5. The molecule has 0 unspecified atom stereocenters. The molecule has 6 N–H and O–H groups in total. The zero-order chi connectivity index (χ0) is 36.9. The van der Waals surface area contributed by atoms with Crippen molar-refractivity contribution in [2.45, 2.75) is 49.9 Å². The number of aliphatic hydroxyl groups is 1. The van der Waals surface area contributed by atoms with Crippen molar-refractivity contribution in [1.82, 2.24) is 10.6 Å². The van der Waals surface area contributed by atoms with Gasteiger partial charge in [0.25, 0.3) is 0 Å². The summed E-state index contributed by atoms with van der Waals surface area (Å²) >= 11 is 12.2. The van der Waals surface area contributed by atoms with E-state index in [1.165, 1.54) is 0 Å². The summed E-state index contributed by atoms with van der Waals surface area (Å²) in [5.41, 5.74) is 10.9. The number of nitrogens with two attached hydrogens (primary N) is 1. The number of benzene rings is 5. The second-order valence-electron chi connectivity index (χ2n) is 12.6. The summed E-state index contributed by atoms with van der Waals surface area (Å²) in [4.78, 5) is 27.0. The maximum atomic E-state index is 13.6. The summed E-state index contributed by atoms with van der Waals surface area (Å²) in [6, 6.07) is 39.0. The van der Waals surface area contributed by atoms with Gasteiger partial charge in [-0.1, -0.05) is 114 Å². The van der Waals surface area contributed by atoms with Crippen molar-refractivity contribution in [2.24, 2.45) is 5.73 Å². The van der Waals surface area contributed by atoms with Crippen LogP contribution in [0.5, 0.6) is 5.75 Å². The molecule has 52 heavy (non-hydrogen) atoms. The highest BCUT2D eigenvalue weighted by atomic mass is 35.5. The number of hydrogen-bond donors (Lipinski definition) is 5. The second kappa shape index (κ2) is 18.7. The molecule has 0 aromatic heterocycles. The molecular weight excluding hydrogens is 695 g/mol. The van der Waals surface area contributed by atoms with Gasteiger partial charge < -0.3 is 26.2 Å². The molecule has 0 fully saturated rings. The van der Waals surface area contributed by atoms with Gasteiger partial charge in [-0.3, -0.25) is 14.9 Å². The van der Waals surface area contributed by atoms with Gasteiger partial charge in [0.05, 0.1) is 35.3 Å². The van der Waals surface area contributed by atoms with E-state index in [9.17, 15) is 14.7 Å². The van der Waals surface area contributed by atoms with Crippen LogP contribution in [0.4, 0.5) is 5.69 Å². The van der Waals surface area contributed by atoms with Crippen LogP contribution >= 0.6 is 23.2 Å². The lowest BCUT2D eigenvalue weighted by molar-refractivity contribution is -0.127. The molecule has 0 heterocycles. The SMILES string of the molecule is COc1ccc(C(NCCCC[C@H](NC(=O)[C@@H](N)Cc2ccc(Cl)c(Cl)c2)C(=O)Nc2ccc(CO)cc2)(c2ccccc2)c2ccccc2)cc1. The maximum Gasteiger partial charge on any atom is 0.246 e. The van der Waals surface area contributed by atoms with Gasteiger partial charge in [-0.2, -0.15) is 0 Å². The minimum Gasteiger partial charge on any atom is -0.497 e. The Labute approximate surface area is 315 Å². The van der Waals surface area contributed by atoms with Crippen LogP contribution in [0.25, 0.3) is 0 Å². The minimum absolute atomic E-state index is 0.105. The van der Waals surface area contributed by atoms with Crippen LogP contribution in [0, 0.1) is 0 Å². The van der Waals surface area contributed by atoms with E-state index in [0.29, 0.717) is 41.5 Å². The molecule has 0 spiro atoms. The van der Waals surface area contributed by atoms with Crippen LogP contribution in [0.15, 0.2) is 127 Å². The third-order valence-electron chi connectivity index (χ3n) is 9.06. The Kier molecular flexibility index (Phi) is 13.8. The summed E-state index contributed by atoms with van der Waals surface area (Å²) in [7, 11) is 1.65.